The molecule has 1 rings (SSSR count). The molecular formula is C13H16ClNO4. The summed E-state index contributed by atoms with van der Waals surface area (Å²) in [6.45, 7) is 4.14. The van der Waals surface area contributed by atoms with Crippen molar-refractivity contribution in [1.29, 1.82) is 0 Å². The molecule has 5 nitrogen and oxygen atoms in total. The van der Waals surface area contributed by atoms with Crippen molar-refractivity contribution in [3.8, 4) is 5.75 Å². The van der Waals surface area contributed by atoms with Crippen LogP contribution in [0, 0.1) is 0 Å². The van der Waals surface area contributed by atoms with E-state index in [-0.39, 0.29) is 22.2 Å². The Hall–Kier alpha value is -1.75. The van der Waals surface area contributed by atoms with E-state index in [1.165, 1.54) is 18.2 Å². The van der Waals surface area contributed by atoms with Gasteiger partial charge in [-0.3, -0.25) is 4.79 Å². The Balaban J connectivity index is 2.71. The van der Waals surface area contributed by atoms with E-state index in [1.54, 1.807) is 6.92 Å². The minimum absolute atomic E-state index is 0.0698. The van der Waals surface area contributed by atoms with Crippen molar-refractivity contribution in [2.24, 2.45) is 0 Å². The minimum atomic E-state index is -1.07. The Kier molecular flexibility index (Phi) is 5.63. The van der Waals surface area contributed by atoms with Crippen LogP contribution in [0.4, 0.5) is 0 Å². The van der Waals surface area contributed by atoms with E-state index in [0.29, 0.717) is 6.54 Å². The fourth-order valence-corrected chi connectivity index (χ4v) is 1.59. The van der Waals surface area contributed by atoms with E-state index < -0.39 is 12.1 Å². The number of carbonyl (C=O) groups is 2. The van der Waals surface area contributed by atoms with Gasteiger partial charge in [0.05, 0.1) is 10.6 Å². The first kappa shape index (κ1) is 15.3. The monoisotopic (exact) mass is 285 g/mol. The van der Waals surface area contributed by atoms with Crippen LogP contribution in [0.15, 0.2) is 18.2 Å². The average Bonchev–Trinajstić information content (AvgIpc) is 2.37. The second kappa shape index (κ2) is 6.99. The molecule has 1 amide bonds. The van der Waals surface area contributed by atoms with Crippen LogP contribution in [-0.4, -0.2) is 29.6 Å². The maximum atomic E-state index is 11.6. The van der Waals surface area contributed by atoms with Gasteiger partial charge in [-0.05, 0) is 31.5 Å². The van der Waals surface area contributed by atoms with Gasteiger partial charge in [-0.15, -0.1) is 0 Å². The lowest BCUT2D eigenvalue weighted by Gasteiger charge is -2.15. The van der Waals surface area contributed by atoms with Gasteiger partial charge in [-0.1, -0.05) is 18.5 Å². The molecule has 0 heterocycles. The molecule has 2 N–H and O–H groups in total. The fourth-order valence-electron chi connectivity index (χ4n) is 1.37. The zero-order chi connectivity index (χ0) is 14.4. The molecule has 1 unspecified atom stereocenters. The fraction of sp³-hybridized carbons (Fsp3) is 0.385. The molecule has 0 bridgehead atoms. The van der Waals surface area contributed by atoms with Gasteiger partial charge < -0.3 is 15.2 Å². The summed E-state index contributed by atoms with van der Waals surface area (Å²) in [5, 5.41) is 11.7. The van der Waals surface area contributed by atoms with E-state index >= 15 is 0 Å². The van der Waals surface area contributed by atoms with Crippen LogP contribution in [0.2, 0.25) is 5.02 Å². The molecule has 0 saturated heterocycles. The van der Waals surface area contributed by atoms with Crippen molar-refractivity contribution in [2.45, 2.75) is 26.4 Å². The van der Waals surface area contributed by atoms with E-state index in [2.05, 4.69) is 5.32 Å². The molecule has 0 fully saturated rings. The van der Waals surface area contributed by atoms with Crippen LogP contribution in [0.25, 0.3) is 0 Å². The predicted molar refractivity (Wildman–Crippen MR) is 71.8 cm³/mol. The Labute approximate surface area is 116 Å². The third-order valence-electron chi connectivity index (χ3n) is 2.40. The first-order valence-electron chi connectivity index (χ1n) is 5.93. The smallest absolute Gasteiger partial charge is 0.335 e. The van der Waals surface area contributed by atoms with Gasteiger partial charge in [0.15, 0.2) is 6.10 Å². The number of carbonyl (C=O) groups excluding carboxylic acids is 1. The minimum Gasteiger partial charge on any atom is -0.479 e. The summed E-state index contributed by atoms with van der Waals surface area (Å²) in [4.78, 5) is 22.4. The molecule has 0 saturated carbocycles. The van der Waals surface area contributed by atoms with Gasteiger partial charge in [0.1, 0.15) is 5.75 Å². The lowest BCUT2D eigenvalue weighted by atomic mass is 10.2. The number of rotatable bonds is 6. The number of hydrogen-bond acceptors (Lipinski definition) is 3. The van der Waals surface area contributed by atoms with Crippen LogP contribution in [-0.2, 0) is 4.79 Å². The van der Waals surface area contributed by atoms with Crippen molar-refractivity contribution < 1.29 is 19.4 Å². The molecule has 0 aliphatic carbocycles. The molecule has 1 aromatic carbocycles. The number of hydrogen-bond donors (Lipinski definition) is 2. The quantitative estimate of drug-likeness (QED) is 0.841. The summed E-state index contributed by atoms with van der Waals surface area (Å²) in [5.41, 5.74) is 0.0698. The van der Waals surface area contributed by atoms with Gasteiger partial charge in [-0.25, -0.2) is 4.79 Å². The second-order valence-corrected chi connectivity index (χ2v) is 4.41. The van der Waals surface area contributed by atoms with E-state index in [1.807, 2.05) is 6.92 Å². The molecule has 0 aromatic heterocycles. The highest BCUT2D eigenvalue weighted by Crippen LogP contribution is 2.26. The standard InChI is InChI=1S/C13H16ClNO4/c1-3-6-15-12(16)8(2)19-11-5-4-9(13(17)18)7-10(11)14/h4-5,7-8H,3,6H2,1-2H3,(H,15,16)(H,17,18). The zero-order valence-electron chi connectivity index (χ0n) is 10.8. The molecule has 0 aliphatic rings. The van der Waals surface area contributed by atoms with Gasteiger partial charge in [0, 0.05) is 6.54 Å². The summed E-state index contributed by atoms with van der Waals surface area (Å²) in [6.07, 6.45) is 0.145. The summed E-state index contributed by atoms with van der Waals surface area (Å²) in [5.74, 6) is -1.02. The van der Waals surface area contributed by atoms with Gasteiger partial charge in [0.2, 0.25) is 0 Å². The van der Waals surface area contributed by atoms with Crippen LogP contribution in [0.5, 0.6) is 5.75 Å². The Bertz CT molecular complexity index is 476. The predicted octanol–water partition coefficient (Wildman–Crippen LogP) is 2.33. The normalized spacial score (nSPS) is 11.7. The lowest BCUT2D eigenvalue weighted by Crippen LogP contribution is -2.36. The molecule has 1 atom stereocenters. The van der Waals surface area contributed by atoms with Gasteiger partial charge >= 0.3 is 5.97 Å². The maximum absolute atomic E-state index is 11.6. The number of aromatic carboxylic acids is 1. The molecular weight excluding hydrogens is 270 g/mol. The average molecular weight is 286 g/mol. The Morgan fingerprint density at radius 3 is 2.68 bits per heavy atom. The van der Waals surface area contributed by atoms with Gasteiger partial charge in [0.25, 0.3) is 5.91 Å². The summed E-state index contributed by atoms with van der Waals surface area (Å²) in [7, 11) is 0. The zero-order valence-corrected chi connectivity index (χ0v) is 11.5. The summed E-state index contributed by atoms with van der Waals surface area (Å²) < 4.78 is 5.40. The maximum Gasteiger partial charge on any atom is 0.335 e. The number of benzene rings is 1. The molecule has 19 heavy (non-hydrogen) atoms. The first-order chi connectivity index (χ1) is 8.95. The molecule has 104 valence electrons. The van der Waals surface area contributed by atoms with E-state index in [0.717, 1.165) is 6.42 Å². The Morgan fingerprint density at radius 1 is 1.47 bits per heavy atom. The molecule has 0 spiro atoms. The van der Waals surface area contributed by atoms with Crippen molar-refractivity contribution >= 4 is 23.5 Å². The van der Waals surface area contributed by atoms with Crippen LogP contribution < -0.4 is 10.1 Å². The number of halogens is 1. The Morgan fingerprint density at radius 2 is 2.16 bits per heavy atom. The third-order valence-corrected chi connectivity index (χ3v) is 2.70. The topological polar surface area (TPSA) is 75.6 Å². The van der Waals surface area contributed by atoms with Crippen molar-refractivity contribution in [3.05, 3.63) is 28.8 Å². The largest absolute Gasteiger partial charge is 0.479 e. The summed E-state index contributed by atoms with van der Waals surface area (Å²) >= 11 is 5.91. The van der Waals surface area contributed by atoms with E-state index in [9.17, 15) is 9.59 Å². The van der Waals surface area contributed by atoms with Crippen molar-refractivity contribution in [1.82, 2.24) is 5.32 Å². The number of nitrogens with one attached hydrogen (secondary N) is 1. The van der Waals surface area contributed by atoms with Crippen LogP contribution >= 0.6 is 11.6 Å². The first-order valence-corrected chi connectivity index (χ1v) is 6.30. The lowest BCUT2D eigenvalue weighted by molar-refractivity contribution is -0.127. The number of amides is 1. The molecule has 1 aromatic rings. The number of carboxylic acid groups (broad SMARTS) is 1. The SMILES string of the molecule is CCCNC(=O)C(C)Oc1ccc(C(=O)O)cc1Cl. The molecule has 0 aliphatic heterocycles. The highest BCUT2D eigenvalue weighted by molar-refractivity contribution is 6.32. The van der Waals surface area contributed by atoms with Crippen LogP contribution in [0.3, 0.4) is 0 Å². The molecule has 6 heteroatoms. The van der Waals surface area contributed by atoms with Crippen LogP contribution in [0.1, 0.15) is 30.6 Å². The number of carboxylic acids is 1. The van der Waals surface area contributed by atoms with E-state index in [4.69, 9.17) is 21.4 Å². The molecule has 0 radical (unpaired) electrons. The van der Waals surface area contributed by atoms with Crippen molar-refractivity contribution in [2.75, 3.05) is 6.54 Å². The summed E-state index contributed by atoms with van der Waals surface area (Å²) in [6, 6.07) is 4.10. The van der Waals surface area contributed by atoms with Crippen molar-refractivity contribution in [3.63, 3.8) is 0 Å². The highest BCUT2D eigenvalue weighted by Gasteiger charge is 2.16. The number of ether oxygens (including phenoxy) is 1. The second-order valence-electron chi connectivity index (χ2n) is 4.00. The van der Waals surface area contributed by atoms with Gasteiger partial charge in [-0.2, -0.15) is 0 Å². The highest BCUT2D eigenvalue weighted by atomic mass is 35.5. The third kappa shape index (κ3) is 4.44.